The molecule has 10 nitrogen and oxygen atoms in total. The van der Waals surface area contributed by atoms with Gasteiger partial charge in [0.15, 0.2) is 0 Å². The Balaban J connectivity index is 1.34. The van der Waals surface area contributed by atoms with Crippen LogP contribution in [0.15, 0.2) is 51.3 Å². The van der Waals surface area contributed by atoms with Gasteiger partial charge in [0.1, 0.15) is 53.1 Å². The second-order valence-electron chi connectivity index (χ2n) is 8.51. The van der Waals surface area contributed by atoms with Crippen molar-refractivity contribution in [1.82, 2.24) is 10.1 Å². The molecule has 1 atom stereocenters. The van der Waals surface area contributed by atoms with Crippen molar-refractivity contribution in [3.8, 4) is 6.07 Å². The maximum Gasteiger partial charge on any atom is 0.134 e. The number of nitrogens with zero attached hydrogens (tertiary/aromatic N) is 4. The number of fused-ring (bicyclic) bond motifs is 1. The molecule has 1 aromatic heterocycles. The molecule has 0 bridgehead atoms. The first kappa shape index (κ1) is 23.0. The second kappa shape index (κ2) is 10.2. The fourth-order valence-corrected chi connectivity index (χ4v) is 4.32. The topological polar surface area (TPSA) is 117 Å². The van der Waals surface area contributed by atoms with E-state index in [9.17, 15) is 5.26 Å². The van der Waals surface area contributed by atoms with Crippen molar-refractivity contribution in [1.29, 1.82) is 5.26 Å². The van der Waals surface area contributed by atoms with E-state index >= 15 is 0 Å². The van der Waals surface area contributed by atoms with Gasteiger partial charge in [0.05, 0.1) is 31.1 Å². The van der Waals surface area contributed by atoms with Crippen molar-refractivity contribution < 1.29 is 18.7 Å². The molecule has 10 heteroatoms. The van der Waals surface area contributed by atoms with Crippen LogP contribution >= 0.6 is 0 Å². The van der Waals surface area contributed by atoms with E-state index in [0.717, 1.165) is 41.8 Å². The number of aryl methyl sites for hydroxylation is 1. The van der Waals surface area contributed by atoms with E-state index in [4.69, 9.17) is 23.7 Å². The number of allylic oxidation sites excluding steroid dienone is 2. The highest BCUT2D eigenvalue weighted by atomic mass is 16.5. The SMILES string of the molecule is COC1CC(Nc2ccc3c(c2C#N)N=C(N2CCOCC2)CN3)=CC=C1OCc1cc(C)on1. The zero-order chi connectivity index (χ0) is 24.2. The molecule has 1 aliphatic carbocycles. The number of aromatic nitrogens is 1. The summed E-state index contributed by atoms with van der Waals surface area (Å²) in [6.07, 6.45) is 4.14. The highest BCUT2D eigenvalue weighted by Gasteiger charge is 2.25. The molecule has 2 aromatic rings. The lowest BCUT2D eigenvalue weighted by molar-refractivity contribution is 0.0552. The molecule has 3 aliphatic rings. The number of hydrogen-bond acceptors (Lipinski definition) is 10. The van der Waals surface area contributed by atoms with Gasteiger partial charge in [-0.2, -0.15) is 5.26 Å². The van der Waals surface area contributed by atoms with E-state index in [2.05, 4.69) is 26.8 Å². The smallest absolute Gasteiger partial charge is 0.134 e. The predicted molar refractivity (Wildman–Crippen MR) is 130 cm³/mol. The van der Waals surface area contributed by atoms with Crippen LogP contribution in [0.25, 0.3) is 0 Å². The van der Waals surface area contributed by atoms with Crippen LogP contribution in [0, 0.1) is 18.3 Å². The fourth-order valence-electron chi connectivity index (χ4n) is 4.32. The number of hydrogen-bond donors (Lipinski definition) is 2. The lowest BCUT2D eigenvalue weighted by Gasteiger charge is -2.32. The van der Waals surface area contributed by atoms with E-state index in [1.165, 1.54) is 0 Å². The molecule has 2 aliphatic heterocycles. The van der Waals surface area contributed by atoms with Gasteiger partial charge < -0.3 is 34.3 Å². The van der Waals surface area contributed by atoms with Gasteiger partial charge >= 0.3 is 0 Å². The molecular formula is C25H28N6O4. The number of aliphatic imine (C=N–C) groups is 1. The van der Waals surface area contributed by atoms with Crippen LogP contribution in [0.3, 0.4) is 0 Å². The van der Waals surface area contributed by atoms with E-state index in [1.54, 1.807) is 7.11 Å². The zero-order valence-corrected chi connectivity index (χ0v) is 19.8. The van der Waals surface area contributed by atoms with E-state index in [0.29, 0.717) is 55.5 Å². The second-order valence-corrected chi connectivity index (χ2v) is 8.51. The van der Waals surface area contributed by atoms with Gasteiger partial charge in [-0.1, -0.05) is 5.16 Å². The lowest BCUT2D eigenvalue weighted by atomic mass is 10.0. The van der Waals surface area contributed by atoms with Crippen molar-refractivity contribution in [2.24, 2.45) is 4.99 Å². The third-order valence-electron chi connectivity index (χ3n) is 6.16. The highest BCUT2D eigenvalue weighted by molar-refractivity contribution is 5.96. The number of nitriles is 1. The predicted octanol–water partition coefficient (Wildman–Crippen LogP) is 3.46. The normalized spacial score (nSPS) is 19.5. The molecule has 0 saturated carbocycles. The fraction of sp³-hybridized carbons (Fsp3) is 0.400. The molecule has 3 heterocycles. The Morgan fingerprint density at radius 1 is 1.29 bits per heavy atom. The molecule has 35 heavy (non-hydrogen) atoms. The summed E-state index contributed by atoms with van der Waals surface area (Å²) in [7, 11) is 1.65. The zero-order valence-electron chi connectivity index (χ0n) is 19.8. The largest absolute Gasteiger partial charge is 0.489 e. The summed E-state index contributed by atoms with van der Waals surface area (Å²) in [6.45, 7) is 5.75. The molecule has 182 valence electrons. The van der Waals surface area contributed by atoms with Gasteiger partial charge in [-0.05, 0) is 31.2 Å². The minimum absolute atomic E-state index is 0.258. The van der Waals surface area contributed by atoms with Crippen LogP contribution in [0.1, 0.15) is 23.4 Å². The summed E-state index contributed by atoms with van der Waals surface area (Å²) in [5.41, 5.74) is 4.37. The summed E-state index contributed by atoms with van der Waals surface area (Å²) in [5, 5.41) is 20.8. The number of methoxy groups -OCH3 is 1. The summed E-state index contributed by atoms with van der Waals surface area (Å²) in [4.78, 5) is 7.07. The summed E-state index contributed by atoms with van der Waals surface area (Å²) in [5.74, 6) is 2.39. The number of morpholine rings is 1. The Hall–Kier alpha value is -3.81. The van der Waals surface area contributed by atoms with E-state index < -0.39 is 0 Å². The third-order valence-corrected chi connectivity index (χ3v) is 6.16. The molecule has 0 amide bonds. The van der Waals surface area contributed by atoms with E-state index in [-0.39, 0.29) is 6.10 Å². The Bertz CT molecular complexity index is 1220. The van der Waals surface area contributed by atoms with Crippen LogP contribution < -0.4 is 10.6 Å². The number of nitrogens with one attached hydrogen (secondary N) is 2. The molecule has 0 radical (unpaired) electrons. The average molecular weight is 477 g/mol. The van der Waals surface area contributed by atoms with Crippen molar-refractivity contribution in [2.45, 2.75) is 26.1 Å². The molecule has 1 fully saturated rings. The number of amidine groups is 1. The van der Waals surface area contributed by atoms with Crippen molar-refractivity contribution >= 4 is 22.9 Å². The van der Waals surface area contributed by atoms with Crippen molar-refractivity contribution in [3.05, 3.63) is 58.8 Å². The summed E-state index contributed by atoms with van der Waals surface area (Å²) in [6, 6.07) is 8.05. The van der Waals surface area contributed by atoms with Crippen LogP contribution in [0.2, 0.25) is 0 Å². The number of benzene rings is 1. The monoisotopic (exact) mass is 476 g/mol. The van der Waals surface area contributed by atoms with Crippen LogP contribution in [-0.2, 0) is 20.8 Å². The van der Waals surface area contributed by atoms with E-state index in [1.807, 2.05) is 37.3 Å². The quantitative estimate of drug-likeness (QED) is 0.646. The van der Waals surface area contributed by atoms with Crippen LogP contribution in [0.5, 0.6) is 0 Å². The standard InChI is InChI=1S/C25H28N6O4/c1-16-11-18(30-35-16)15-34-22-6-3-17(12-23(22)32-2)28-20-4-5-21-25(19(20)13-26)29-24(14-27-21)31-7-9-33-10-8-31/h3-6,11,23,27-28H,7-10,12,14-15H2,1-2H3. The maximum absolute atomic E-state index is 10.0. The third kappa shape index (κ3) is 5.01. The average Bonchev–Trinajstić information content (AvgIpc) is 3.32. The van der Waals surface area contributed by atoms with Crippen molar-refractivity contribution in [2.75, 3.05) is 50.6 Å². The van der Waals surface area contributed by atoms with Gasteiger partial charge in [-0.3, -0.25) is 0 Å². The van der Waals surface area contributed by atoms with Gasteiger partial charge in [-0.25, -0.2) is 4.99 Å². The van der Waals surface area contributed by atoms with Gasteiger partial charge in [0, 0.05) is 38.4 Å². The number of rotatable bonds is 6. The molecule has 5 rings (SSSR count). The Morgan fingerprint density at radius 3 is 2.89 bits per heavy atom. The molecule has 2 N–H and O–H groups in total. The first-order chi connectivity index (χ1) is 17.1. The summed E-state index contributed by atoms with van der Waals surface area (Å²) < 4.78 is 22.1. The summed E-state index contributed by atoms with van der Waals surface area (Å²) >= 11 is 0. The van der Waals surface area contributed by atoms with Gasteiger partial charge in [0.2, 0.25) is 0 Å². The highest BCUT2D eigenvalue weighted by Crippen LogP contribution is 2.38. The minimum Gasteiger partial charge on any atom is -0.489 e. The molecule has 1 unspecified atom stereocenters. The van der Waals surface area contributed by atoms with Gasteiger partial charge in [0.25, 0.3) is 0 Å². The first-order valence-electron chi connectivity index (χ1n) is 11.6. The number of anilines is 2. The van der Waals surface area contributed by atoms with Gasteiger partial charge in [-0.15, -0.1) is 0 Å². The number of ether oxygens (including phenoxy) is 3. The Kier molecular flexibility index (Phi) is 6.70. The molecular weight excluding hydrogens is 448 g/mol. The van der Waals surface area contributed by atoms with Crippen LogP contribution in [-0.4, -0.2) is 62.0 Å². The Morgan fingerprint density at radius 2 is 2.14 bits per heavy atom. The van der Waals surface area contributed by atoms with Crippen LogP contribution in [0.4, 0.5) is 17.1 Å². The Labute approximate surface area is 203 Å². The molecule has 0 spiro atoms. The maximum atomic E-state index is 10.0. The molecule has 1 aromatic carbocycles. The minimum atomic E-state index is -0.258. The lowest BCUT2D eigenvalue weighted by Crippen LogP contribution is -2.44. The molecule has 1 saturated heterocycles. The first-order valence-corrected chi connectivity index (χ1v) is 11.6. The van der Waals surface area contributed by atoms with Crippen molar-refractivity contribution in [3.63, 3.8) is 0 Å².